The Morgan fingerprint density at radius 2 is 1.94 bits per heavy atom. The van der Waals surface area contributed by atoms with E-state index >= 15 is 0 Å². The topological polar surface area (TPSA) is 56.7 Å². The summed E-state index contributed by atoms with van der Waals surface area (Å²) in [5, 5.41) is 4.34. The molecule has 18 heavy (non-hydrogen) atoms. The quantitative estimate of drug-likeness (QED) is 0.898. The van der Waals surface area contributed by atoms with Crippen molar-refractivity contribution in [3.8, 4) is 0 Å². The zero-order valence-electron chi connectivity index (χ0n) is 11.4. The van der Waals surface area contributed by atoms with Gasteiger partial charge in [0.2, 0.25) is 0 Å². The Hall–Kier alpha value is -1.68. The monoisotopic (exact) mass is 244 g/mol. The standard InChI is InChI=1S/C14H20N4/c1-9-5-6-13(11(3)16-9)14(15)8-12-7-10(2)17-18(12)4/h5-7,14H,8,15H2,1-4H3. The Bertz CT molecular complexity index is 557. The van der Waals surface area contributed by atoms with Crippen LogP contribution in [-0.4, -0.2) is 14.8 Å². The van der Waals surface area contributed by atoms with E-state index in [0.29, 0.717) is 0 Å². The van der Waals surface area contributed by atoms with Crippen LogP contribution in [0.25, 0.3) is 0 Å². The maximum absolute atomic E-state index is 6.27. The molecule has 0 aliphatic rings. The van der Waals surface area contributed by atoms with Gasteiger partial charge >= 0.3 is 0 Å². The molecule has 2 rings (SSSR count). The Balaban J connectivity index is 2.21. The molecule has 1 unspecified atom stereocenters. The molecule has 0 aliphatic heterocycles. The Labute approximate surface area is 108 Å². The van der Waals surface area contributed by atoms with Gasteiger partial charge in [0.15, 0.2) is 0 Å². The maximum atomic E-state index is 6.27. The van der Waals surface area contributed by atoms with Crippen molar-refractivity contribution < 1.29 is 0 Å². The number of hydrogen-bond donors (Lipinski definition) is 1. The smallest absolute Gasteiger partial charge is 0.0596 e. The first-order valence-corrected chi connectivity index (χ1v) is 6.16. The molecule has 0 aliphatic carbocycles. The van der Waals surface area contributed by atoms with Gasteiger partial charge in [0.25, 0.3) is 0 Å². The van der Waals surface area contributed by atoms with Gasteiger partial charge in [0.05, 0.1) is 5.69 Å². The highest BCUT2D eigenvalue weighted by Gasteiger charge is 2.13. The second-order valence-electron chi connectivity index (χ2n) is 4.84. The number of aryl methyl sites for hydroxylation is 4. The fourth-order valence-corrected chi connectivity index (χ4v) is 2.28. The SMILES string of the molecule is Cc1ccc(C(N)Cc2cc(C)nn2C)c(C)n1. The fraction of sp³-hybridized carbons (Fsp3) is 0.429. The maximum Gasteiger partial charge on any atom is 0.0596 e. The van der Waals surface area contributed by atoms with Crippen LogP contribution in [0.2, 0.25) is 0 Å². The van der Waals surface area contributed by atoms with Gasteiger partial charge in [-0.05, 0) is 38.5 Å². The largest absolute Gasteiger partial charge is 0.324 e. The highest BCUT2D eigenvalue weighted by molar-refractivity contribution is 5.26. The van der Waals surface area contributed by atoms with Crippen LogP contribution < -0.4 is 5.73 Å². The lowest BCUT2D eigenvalue weighted by Crippen LogP contribution is -2.17. The average Bonchev–Trinajstić information content (AvgIpc) is 2.57. The molecule has 4 heteroatoms. The van der Waals surface area contributed by atoms with Crippen molar-refractivity contribution >= 4 is 0 Å². The molecule has 0 saturated heterocycles. The van der Waals surface area contributed by atoms with Crippen LogP contribution in [0.4, 0.5) is 0 Å². The number of aromatic nitrogens is 3. The van der Waals surface area contributed by atoms with Crippen molar-refractivity contribution in [3.05, 3.63) is 46.5 Å². The van der Waals surface area contributed by atoms with Crippen LogP contribution in [0.15, 0.2) is 18.2 Å². The summed E-state index contributed by atoms with van der Waals surface area (Å²) in [6.07, 6.45) is 0.781. The first-order valence-electron chi connectivity index (χ1n) is 6.16. The molecule has 96 valence electrons. The second kappa shape index (κ2) is 4.90. The molecule has 0 aromatic carbocycles. The lowest BCUT2D eigenvalue weighted by atomic mass is 10.0. The van der Waals surface area contributed by atoms with E-state index in [0.717, 1.165) is 34.8 Å². The normalized spacial score (nSPS) is 12.7. The number of nitrogens with two attached hydrogens (primary N) is 1. The molecule has 2 aromatic rings. The van der Waals surface area contributed by atoms with Gasteiger partial charge in [-0.3, -0.25) is 9.67 Å². The first kappa shape index (κ1) is 12.8. The van der Waals surface area contributed by atoms with E-state index in [-0.39, 0.29) is 6.04 Å². The van der Waals surface area contributed by atoms with Crippen molar-refractivity contribution in [3.63, 3.8) is 0 Å². The molecular formula is C14H20N4. The van der Waals surface area contributed by atoms with Crippen molar-refractivity contribution in [2.75, 3.05) is 0 Å². The summed E-state index contributed by atoms with van der Waals surface area (Å²) in [4.78, 5) is 4.46. The van der Waals surface area contributed by atoms with Crippen molar-refractivity contribution in [1.82, 2.24) is 14.8 Å². The van der Waals surface area contributed by atoms with Gasteiger partial charge in [-0.2, -0.15) is 5.10 Å². The number of nitrogens with zero attached hydrogens (tertiary/aromatic N) is 3. The van der Waals surface area contributed by atoms with Gasteiger partial charge in [0.1, 0.15) is 0 Å². The van der Waals surface area contributed by atoms with Crippen LogP contribution in [-0.2, 0) is 13.5 Å². The molecule has 2 aromatic heterocycles. The fourth-order valence-electron chi connectivity index (χ4n) is 2.28. The van der Waals surface area contributed by atoms with Crippen molar-refractivity contribution in [1.29, 1.82) is 0 Å². The van der Waals surface area contributed by atoms with Crippen LogP contribution in [0.5, 0.6) is 0 Å². The molecule has 0 amide bonds. The van der Waals surface area contributed by atoms with Crippen molar-refractivity contribution in [2.45, 2.75) is 33.2 Å². The third-order valence-electron chi connectivity index (χ3n) is 3.19. The van der Waals surface area contributed by atoms with E-state index in [2.05, 4.69) is 22.2 Å². The van der Waals surface area contributed by atoms with E-state index in [1.165, 1.54) is 0 Å². The minimum absolute atomic E-state index is 0.0344. The summed E-state index contributed by atoms with van der Waals surface area (Å²) in [7, 11) is 1.95. The molecule has 0 radical (unpaired) electrons. The molecule has 0 saturated carbocycles. The van der Waals surface area contributed by atoms with Gasteiger partial charge in [-0.15, -0.1) is 0 Å². The molecule has 1 atom stereocenters. The van der Waals surface area contributed by atoms with E-state index in [4.69, 9.17) is 5.73 Å². The Morgan fingerprint density at radius 3 is 2.50 bits per heavy atom. The van der Waals surface area contributed by atoms with E-state index in [1.54, 1.807) is 0 Å². The zero-order chi connectivity index (χ0) is 13.3. The minimum atomic E-state index is -0.0344. The number of hydrogen-bond acceptors (Lipinski definition) is 3. The molecule has 4 nitrogen and oxygen atoms in total. The Morgan fingerprint density at radius 1 is 1.22 bits per heavy atom. The number of rotatable bonds is 3. The lowest BCUT2D eigenvalue weighted by molar-refractivity contribution is 0.635. The van der Waals surface area contributed by atoms with Gasteiger partial charge < -0.3 is 5.73 Å². The molecule has 2 heterocycles. The molecular weight excluding hydrogens is 224 g/mol. The third kappa shape index (κ3) is 2.59. The minimum Gasteiger partial charge on any atom is -0.324 e. The molecule has 0 spiro atoms. The van der Waals surface area contributed by atoms with Crippen LogP contribution in [0, 0.1) is 20.8 Å². The van der Waals surface area contributed by atoms with Gasteiger partial charge in [0, 0.05) is 36.6 Å². The average molecular weight is 244 g/mol. The van der Waals surface area contributed by atoms with Crippen molar-refractivity contribution in [2.24, 2.45) is 12.8 Å². The summed E-state index contributed by atoms with van der Waals surface area (Å²) in [6, 6.07) is 6.13. The predicted octanol–water partition coefficient (Wildman–Crippen LogP) is 1.98. The number of pyridine rings is 1. The summed E-state index contributed by atoms with van der Waals surface area (Å²) in [5.74, 6) is 0. The van der Waals surface area contributed by atoms with E-state index < -0.39 is 0 Å². The summed E-state index contributed by atoms with van der Waals surface area (Å²) in [6.45, 7) is 6.00. The summed E-state index contributed by atoms with van der Waals surface area (Å²) >= 11 is 0. The Kier molecular flexibility index (Phi) is 3.48. The van der Waals surface area contributed by atoms with Crippen LogP contribution in [0.1, 0.15) is 34.4 Å². The predicted molar refractivity (Wildman–Crippen MR) is 72.3 cm³/mol. The van der Waals surface area contributed by atoms with Gasteiger partial charge in [-0.25, -0.2) is 0 Å². The molecule has 0 bridgehead atoms. The summed E-state index contributed by atoms with van der Waals surface area (Å²) < 4.78 is 1.89. The van der Waals surface area contributed by atoms with Crippen LogP contribution >= 0.6 is 0 Å². The highest BCUT2D eigenvalue weighted by Crippen LogP contribution is 2.19. The van der Waals surface area contributed by atoms with E-state index in [1.807, 2.05) is 38.6 Å². The van der Waals surface area contributed by atoms with Crippen LogP contribution in [0.3, 0.4) is 0 Å². The highest BCUT2D eigenvalue weighted by atomic mass is 15.3. The molecule has 0 fully saturated rings. The zero-order valence-corrected chi connectivity index (χ0v) is 11.4. The summed E-state index contributed by atoms with van der Waals surface area (Å²) in [5.41, 5.74) is 11.6. The first-order chi connectivity index (χ1) is 8.47. The lowest BCUT2D eigenvalue weighted by Gasteiger charge is -2.14. The van der Waals surface area contributed by atoms with E-state index in [9.17, 15) is 0 Å². The van der Waals surface area contributed by atoms with Gasteiger partial charge in [-0.1, -0.05) is 6.07 Å². The third-order valence-corrected chi connectivity index (χ3v) is 3.19. The molecule has 2 N–H and O–H groups in total. The second-order valence-corrected chi connectivity index (χ2v) is 4.84.